The zero-order valence-electron chi connectivity index (χ0n) is 8.59. The van der Waals surface area contributed by atoms with Crippen LogP contribution in [0.4, 0.5) is 0 Å². The summed E-state index contributed by atoms with van der Waals surface area (Å²) in [6.45, 7) is 3.48. The van der Waals surface area contributed by atoms with Crippen LogP contribution in [-0.2, 0) is 21.2 Å². The number of amides is 1. The lowest BCUT2D eigenvalue weighted by Gasteiger charge is -2.27. The van der Waals surface area contributed by atoms with Crippen LogP contribution >= 0.6 is 0 Å². The average Bonchev–Trinajstić information content (AvgIpc) is 2.24. The molecule has 16 heavy (non-hydrogen) atoms. The van der Waals surface area contributed by atoms with Crippen molar-refractivity contribution in [3.8, 4) is 0 Å². The van der Waals surface area contributed by atoms with Crippen LogP contribution in [-0.4, -0.2) is 25.2 Å². The smallest absolute Gasteiger partial charge is 0.267 e. The molecule has 0 aromatic heterocycles. The van der Waals surface area contributed by atoms with Gasteiger partial charge in [0.1, 0.15) is 0 Å². The van der Waals surface area contributed by atoms with Gasteiger partial charge >= 0.3 is 0 Å². The second-order valence-corrected chi connectivity index (χ2v) is 5.33. The van der Waals surface area contributed by atoms with E-state index in [4.69, 9.17) is 0 Å². The third-order valence-electron chi connectivity index (χ3n) is 2.46. The molecule has 0 radical (unpaired) electrons. The van der Waals surface area contributed by atoms with E-state index in [0.29, 0.717) is 5.56 Å². The summed E-state index contributed by atoms with van der Waals surface area (Å²) in [6.07, 6.45) is 1.53. The molecule has 0 saturated carbocycles. The number of nitrogens with zero attached hydrogens (tertiary/aromatic N) is 1. The van der Waals surface area contributed by atoms with Crippen LogP contribution in [0.2, 0.25) is 0 Å². The highest BCUT2D eigenvalue weighted by molar-refractivity contribution is 7.89. The number of sulfonamides is 1. The molecule has 1 aliphatic rings. The monoisotopic (exact) mass is 237 g/mol. The van der Waals surface area contributed by atoms with Gasteiger partial charge in [0.25, 0.3) is 10.0 Å². The van der Waals surface area contributed by atoms with E-state index in [9.17, 15) is 13.2 Å². The zero-order valence-corrected chi connectivity index (χ0v) is 9.40. The van der Waals surface area contributed by atoms with E-state index in [1.54, 1.807) is 18.2 Å². The maximum atomic E-state index is 12.1. The lowest BCUT2D eigenvalue weighted by atomic mass is 10.1. The zero-order chi connectivity index (χ0) is 11.8. The van der Waals surface area contributed by atoms with Gasteiger partial charge in [-0.2, -0.15) is 0 Å². The Morgan fingerprint density at radius 2 is 2.06 bits per heavy atom. The minimum absolute atomic E-state index is 0.0233. The van der Waals surface area contributed by atoms with E-state index in [0.717, 1.165) is 4.31 Å². The Kier molecular flexibility index (Phi) is 2.55. The van der Waals surface area contributed by atoms with Crippen molar-refractivity contribution >= 4 is 15.9 Å². The first-order valence-corrected chi connectivity index (χ1v) is 6.26. The normalized spacial score (nSPS) is 18.0. The third-order valence-corrected chi connectivity index (χ3v) is 4.34. The number of carbonyl (C=O) groups is 1. The van der Waals surface area contributed by atoms with Gasteiger partial charge < -0.3 is 0 Å². The van der Waals surface area contributed by atoms with E-state index in [-0.39, 0.29) is 17.9 Å². The molecule has 0 spiro atoms. The minimum Gasteiger partial charge on any atom is -0.273 e. The predicted molar refractivity (Wildman–Crippen MR) is 59.2 cm³/mol. The Morgan fingerprint density at radius 3 is 2.75 bits per heavy atom. The first-order chi connectivity index (χ1) is 7.57. The summed E-state index contributed by atoms with van der Waals surface area (Å²) in [7, 11) is -3.68. The predicted octanol–water partition coefficient (Wildman–Crippen LogP) is 0.946. The van der Waals surface area contributed by atoms with Gasteiger partial charge in [-0.1, -0.05) is 24.3 Å². The molecule has 1 aromatic carbocycles. The van der Waals surface area contributed by atoms with Gasteiger partial charge in [-0.15, -0.1) is 6.58 Å². The van der Waals surface area contributed by atoms with Crippen molar-refractivity contribution < 1.29 is 13.2 Å². The summed E-state index contributed by atoms with van der Waals surface area (Å²) in [5.74, 6) is -0.404. The van der Waals surface area contributed by atoms with Gasteiger partial charge in [0.15, 0.2) is 0 Å². The summed E-state index contributed by atoms with van der Waals surface area (Å²) >= 11 is 0. The SMILES string of the molecule is C=CCN1C(=O)Cc2ccccc2S1(=O)=O. The number of fused-ring (bicyclic) bond motifs is 1. The Bertz CT molecular complexity index is 548. The van der Waals surface area contributed by atoms with Gasteiger partial charge in [-0.25, -0.2) is 12.7 Å². The number of benzene rings is 1. The van der Waals surface area contributed by atoms with Gasteiger partial charge in [-0.3, -0.25) is 4.79 Å². The van der Waals surface area contributed by atoms with Gasteiger partial charge in [0, 0.05) is 0 Å². The first kappa shape index (κ1) is 10.9. The second-order valence-electron chi connectivity index (χ2n) is 3.50. The highest BCUT2D eigenvalue weighted by Gasteiger charge is 2.35. The van der Waals surface area contributed by atoms with E-state index >= 15 is 0 Å². The number of hydrogen-bond acceptors (Lipinski definition) is 3. The molecule has 0 unspecified atom stereocenters. The quantitative estimate of drug-likeness (QED) is 0.719. The van der Waals surface area contributed by atoms with E-state index in [1.165, 1.54) is 12.1 Å². The molecule has 0 atom stereocenters. The Balaban J connectivity index is 2.60. The molecule has 1 aromatic rings. The minimum atomic E-state index is -3.68. The molecule has 5 heteroatoms. The van der Waals surface area contributed by atoms with Crippen LogP contribution in [0.15, 0.2) is 41.8 Å². The van der Waals surface area contributed by atoms with Gasteiger partial charge in [0.05, 0.1) is 17.9 Å². The Labute approximate surface area is 94.2 Å². The molecule has 4 nitrogen and oxygen atoms in total. The number of hydrogen-bond donors (Lipinski definition) is 0. The summed E-state index contributed by atoms with van der Waals surface area (Å²) < 4.78 is 25.0. The molecule has 1 heterocycles. The van der Waals surface area contributed by atoms with Gasteiger partial charge in [0.2, 0.25) is 5.91 Å². The Morgan fingerprint density at radius 1 is 1.38 bits per heavy atom. The number of rotatable bonds is 2. The van der Waals surface area contributed by atoms with Crippen molar-refractivity contribution in [2.75, 3.05) is 6.54 Å². The lowest BCUT2D eigenvalue weighted by Crippen LogP contribution is -2.41. The molecular weight excluding hydrogens is 226 g/mol. The number of carbonyl (C=O) groups excluding carboxylic acids is 1. The molecule has 1 aliphatic heterocycles. The topological polar surface area (TPSA) is 54.5 Å². The summed E-state index contributed by atoms with van der Waals surface area (Å²) in [4.78, 5) is 11.9. The first-order valence-electron chi connectivity index (χ1n) is 4.81. The maximum absolute atomic E-state index is 12.1. The molecule has 1 amide bonds. The molecular formula is C11H11NO3S. The molecule has 84 valence electrons. The summed E-state index contributed by atoms with van der Waals surface area (Å²) in [5.41, 5.74) is 0.563. The molecule has 0 fully saturated rings. The van der Waals surface area contributed by atoms with Crippen molar-refractivity contribution in [2.24, 2.45) is 0 Å². The van der Waals surface area contributed by atoms with Crippen LogP contribution in [0.3, 0.4) is 0 Å². The highest BCUT2D eigenvalue weighted by atomic mass is 32.2. The van der Waals surface area contributed by atoms with E-state index < -0.39 is 15.9 Å². The fourth-order valence-corrected chi connectivity index (χ4v) is 3.32. The molecule has 0 saturated heterocycles. The van der Waals surface area contributed by atoms with Crippen molar-refractivity contribution in [1.82, 2.24) is 4.31 Å². The lowest BCUT2D eigenvalue weighted by molar-refractivity contribution is -0.125. The molecule has 0 aliphatic carbocycles. The molecule has 0 N–H and O–H groups in total. The standard InChI is InChI=1S/C11H11NO3S/c1-2-7-12-11(13)8-9-5-3-4-6-10(9)16(12,14)15/h2-6H,1,7-8H2. The summed E-state index contributed by atoms with van der Waals surface area (Å²) in [6, 6.07) is 6.56. The highest BCUT2D eigenvalue weighted by Crippen LogP contribution is 2.26. The van der Waals surface area contributed by atoms with Gasteiger partial charge in [-0.05, 0) is 11.6 Å². The maximum Gasteiger partial charge on any atom is 0.267 e. The van der Waals surface area contributed by atoms with Crippen molar-refractivity contribution in [1.29, 1.82) is 0 Å². The van der Waals surface area contributed by atoms with Crippen molar-refractivity contribution in [2.45, 2.75) is 11.3 Å². The van der Waals surface area contributed by atoms with Crippen molar-refractivity contribution in [3.63, 3.8) is 0 Å². The third kappa shape index (κ3) is 1.53. The fraction of sp³-hybridized carbons (Fsp3) is 0.182. The van der Waals surface area contributed by atoms with Crippen LogP contribution < -0.4 is 0 Å². The molecule has 0 bridgehead atoms. The molecule has 2 rings (SSSR count). The van der Waals surface area contributed by atoms with Crippen LogP contribution in [0.1, 0.15) is 5.56 Å². The van der Waals surface area contributed by atoms with E-state index in [2.05, 4.69) is 6.58 Å². The summed E-state index contributed by atoms with van der Waals surface area (Å²) in [5, 5.41) is 0. The van der Waals surface area contributed by atoms with Crippen molar-refractivity contribution in [3.05, 3.63) is 42.5 Å². The Hall–Kier alpha value is -1.62. The van der Waals surface area contributed by atoms with Crippen LogP contribution in [0.25, 0.3) is 0 Å². The van der Waals surface area contributed by atoms with Crippen LogP contribution in [0.5, 0.6) is 0 Å². The second kappa shape index (κ2) is 3.75. The van der Waals surface area contributed by atoms with E-state index in [1.807, 2.05) is 0 Å². The fourth-order valence-electron chi connectivity index (χ4n) is 1.72. The van der Waals surface area contributed by atoms with Crippen LogP contribution in [0, 0.1) is 0 Å². The average molecular weight is 237 g/mol. The largest absolute Gasteiger partial charge is 0.273 e.